The predicted octanol–water partition coefficient (Wildman–Crippen LogP) is 2.39. The van der Waals surface area contributed by atoms with Gasteiger partial charge < -0.3 is 10.2 Å². The molecule has 0 spiro atoms. The molecule has 2 amide bonds. The number of hydrogen-bond donors (Lipinski definition) is 1. The molecular weight excluding hydrogens is 321 g/mol. The first-order valence-corrected chi connectivity index (χ1v) is 8.32. The SMILES string of the molecule is O=C(CC1CCN(C(=O)c2ccc(F)cc2)C1)NCc1ccncc1. The lowest BCUT2D eigenvalue weighted by atomic mass is 10.0. The number of carbonyl (C=O) groups is 2. The van der Waals surface area contributed by atoms with Crippen molar-refractivity contribution < 1.29 is 14.0 Å². The Kier molecular flexibility index (Phi) is 5.38. The first-order valence-electron chi connectivity index (χ1n) is 8.32. The van der Waals surface area contributed by atoms with Crippen molar-refractivity contribution in [2.75, 3.05) is 13.1 Å². The average Bonchev–Trinajstić information content (AvgIpc) is 3.09. The van der Waals surface area contributed by atoms with Crippen LogP contribution < -0.4 is 5.32 Å². The molecule has 0 saturated carbocycles. The molecule has 6 heteroatoms. The van der Waals surface area contributed by atoms with Crippen molar-refractivity contribution in [2.45, 2.75) is 19.4 Å². The molecule has 0 radical (unpaired) electrons. The molecule has 1 unspecified atom stereocenters. The fourth-order valence-corrected chi connectivity index (χ4v) is 2.99. The molecule has 1 fully saturated rings. The van der Waals surface area contributed by atoms with Crippen molar-refractivity contribution in [1.29, 1.82) is 0 Å². The number of amides is 2. The molecule has 2 aromatic rings. The fourth-order valence-electron chi connectivity index (χ4n) is 2.99. The van der Waals surface area contributed by atoms with Crippen LogP contribution >= 0.6 is 0 Å². The minimum absolute atomic E-state index is 0.0158. The van der Waals surface area contributed by atoms with E-state index in [0.29, 0.717) is 31.6 Å². The topological polar surface area (TPSA) is 62.3 Å². The molecule has 0 bridgehead atoms. The zero-order chi connectivity index (χ0) is 17.6. The van der Waals surface area contributed by atoms with Gasteiger partial charge in [0.05, 0.1) is 0 Å². The first kappa shape index (κ1) is 17.1. The highest BCUT2D eigenvalue weighted by Crippen LogP contribution is 2.21. The highest BCUT2D eigenvalue weighted by molar-refractivity contribution is 5.94. The van der Waals surface area contributed by atoms with Gasteiger partial charge >= 0.3 is 0 Å². The number of hydrogen-bond acceptors (Lipinski definition) is 3. The maximum atomic E-state index is 13.0. The van der Waals surface area contributed by atoms with Gasteiger partial charge in [0.15, 0.2) is 0 Å². The first-order chi connectivity index (χ1) is 12.1. The van der Waals surface area contributed by atoms with Crippen molar-refractivity contribution in [3.63, 3.8) is 0 Å². The highest BCUT2D eigenvalue weighted by Gasteiger charge is 2.28. The summed E-state index contributed by atoms with van der Waals surface area (Å²) in [5.74, 6) is -0.332. The van der Waals surface area contributed by atoms with Crippen LogP contribution in [0.4, 0.5) is 4.39 Å². The Labute approximate surface area is 145 Å². The van der Waals surface area contributed by atoms with Gasteiger partial charge in [-0.25, -0.2) is 4.39 Å². The Balaban J connectivity index is 1.46. The van der Waals surface area contributed by atoms with Crippen LogP contribution in [0.2, 0.25) is 0 Å². The smallest absolute Gasteiger partial charge is 0.253 e. The van der Waals surface area contributed by atoms with Crippen LogP contribution in [0.25, 0.3) is 0 Å². The number of nitrogens with zero attached hydrogens (tertiary/aromatic N) is 2. The van der Waals surface area contributed by atoms with Gasteiger partial charge in [0.25, 0.3) is 5.91 Å². The van der Waals surface area contributed by atoms with E-state index in [1.54, 1.807) is 17.3 Å². The Morgan fingerprint density at radius 2 is 1.88 bits per heavy atom. The highest BCUT2D eigenvalue weighted by atomic mass is 19.1. The van der Waals surface area contributed by atoms with E-state index in [4.69, 9.17) is 0 Å². The normalized spacial score (nSPS) is 16.7. The largest absolute Gasteiger partial charge is 0.352 e. The lowest BCUT2D eigenvalue weighted by molar-refractivity contribution is -0.122. The van der Waals surface area contributed by atoms with Crippen molar-refractivity contribution in [3.05, 3.63) is 65.7 Å². The maximum absolute atomic E-state index is 13.0. The standard InChI is InChI=1S/C19H20FN3O2/c20-17-3-1-16(2-4-17)19(25)23-10-7-15(13-23)11-18(24)22-12-14-5-8-21-9-6-14/h1-6,8-9,15H,7,10-13H2,(H,22,24). The average molecular weight is 341 g/mol. The van der Waals surface area contributed by atoms with Crippen molar-refractivity contribution in [2.24, 2.45) is 5.92 Å². The molecule has 1 aliphatic rings. The lowest BCUT2D eigenvalue weighted by Crippen LogP contribution is -2.30. The second-order valence-electron chi connectivity index (χ2n) is 6.25. The molecule has 130 valence electrons. The van der Waals surface area contributed by atoms with Gasteiger partial charge in [-0.3, -0.25) is 14.6 Å². The third-order valence-electron chi connectivity index (χ3n) is 4.38. The monoisotopic (exact) mass is 341 g/mol. The van der Waals surface area contributed by atoms with E-state index in [1.807, 2.05) is 12.1 Å². The van der Waals surface area contributed by atoms with Crippen LogP contribution in [-0.2, 0) is 11.3 Å². The van der Waals surface area contributed by atoms with E-state index in [1.165, 1.54) is 24.3 Å². The number of rotatable bonds is 5. The van der Waals surface area contributed by atoms with Gasteiger partial charge in [-0.15, -0.1) is 0 Å². The molecule has 5 nitrogen and oxygen atoms in total. The second-order valence-corrected chi connectivity index (χ2v) is 6.25. The number of aromatic nitrogens is 1. The molecule has 3 rings (SSSR count). The molecule has 1 saturated heterocycles. The van der Waals surface area contributed by atoms with Crippen LogP contribution in [0.1, 0.15) is 28.8 Å². The predicted molar refractivity (Wildman–Crippen MR) is 91.1 cm³/mol. The minimum Gasteiger partial charge on any atom is -0.352 e. The number of pyridine rings is 1. The van der Waals surface area contributed by atoms with E-state index in [-0.39, 0.29) is 23.5 Å². The van der Waals surface area contributed by atoms with Crippen LogP contribution in [0.15, 0.2) is 48.8 Å². The van der Waals surface area contributed by atoms with Crippen molar-refractivity contribution in [3.8, 4) is 0 Å². The summed E-state index contributed by atoms with van der Waals surface area (Å²) in [6, 6.07) is 9.28. The van der Waals surface area contributed by atoms with Gasteiger partial charge in [0, 0.05) is 44.0 Å². The second kappa shape index (κ2) is 7.88. The Morgan fingerprint density at radius 3 is 2.60 bits per heavy atom. The van der Waals surface area contributed by atoms with E-state index in [9.17, 15) is 14.0 Å². The van der Waals surface area contributed by atoms with Crippen molar-refractivity contribution >= 4 is 11.8 Å². The molecule has 25 heavy (non-hydrogen) atoms. The van der Waals surface area contributed by atoms with Crippen molar-refractivity contribution in [1.82, 2.24) is 15.2 Å². The molecule has 1 N–H and O–H groups in total. The summed E-state index contributed by atoms with van der Waals surface area (Å²) < 4.78 is 13.0. The lowest BCUT2D eigenvalue weighted by Gasteiger charge is -2.16. The molecule has 2 heterocycles. The number of carbonyl (C=O) groups excluding carboxylic acids is 2. The summed E-state index contributed by atoms with van der Waals surface area (Å²) in [6.45, 7) is 1.66. The van der Waals surface area contributed by atoms with Crippen LogP contribution in [0.3, 0.4) is 0 Å². The van der Waals surface area contributed by atoms with E-state index in [0.717, 1.165) is 12.0 Å². The number of benzene rings is 1. The molecule has 0 aliphatic carbocycles. The third kappa shape index (κ3) is 4.62. The van der Waals surface area contributed by atoms with Crippen LogP contribution in [0, 0.1) is 11.7 Å². The van der Waals surface area contributed by atoms with E-state index >= 15 is 0 Å². The summed E-state index contributed by atoms with van der Waals surface area (Å²) >= 11 is 0. The van der Waals surface area contributed by atoms with Gasteiger partial charge in [0.2, 0.25) is 5.91 Å². The van der Waals surface area contributed by atoms with Crippen LogP contribution in [0.5, 0.6) is 0 Å². The molecule has 1 aromatic carbocycles. The zero-order valence-electron chi connectivity index (χ0n) is 13.8. The molecule has 1 aliphatic heterocycles. The molecule has 1 aromatic heterocycles. The zero-order valence-corrected chi connectivity index (χ0v) is 13.8. The minimum atomic E-state index is -0.360. The number of halogens is 1. The van der Waals surface area contributed by atoms with Gasteiger partial charge in [-0.2, -0.15) is 0 Å². The summed E-state index contributed by atoms with van der Waals surface area (Å²) in [5.41, 5.74) is 1.48. The fraction of sp³-hybridized carbons (Fsp3) is 0.316. The third-order valence-corrected chi connectivity index (χ3v) is 4.38. The Bertz CT molecular complexity index is 734. The summed E-state index contributed by atoms with van der Waals surface area (Å²) in [4.78, 5) is 30.2. The van der Waals surface area contributed by atoms with Gasteiger partial charge in [-0.05, 0) is 54.3 Å². The summed E-state index contributed by atoms with van der Waals surface area (Å²) in [7, 11) is 0. The van der Waals surface area contributed by atoms with Crippen LogP contribution in [-0.4, -0.2) is 34.8 Å². The van der Waals surface area contributed by atoms with Gasteiger partial charge in [-0.1, -0.05) is 0 Å². The summed E-state index contributed by atoms with van der Waals surface area (Å²) in [6.07, 6.45) is 4.59. The number of nitrogens with one attached hydrogen (secondary N) is 1. The maximum Gasteiger partial charge on any atom is 0.253 e. The Hall–Kier alpha value is -2.76. The molecular formula is C19H20FN3O2. The number of likely N-dealkylation sites (tertiary alicyclic amines) is 1. The van der Waals surface area contributed by atoms with E-state index in [2.05, 4.69) is 10.3 Å². The van der Waals surface area contributed by atoms with E-state index < -0.39 is 0 Å². The molecule has 1 atom stereocenters. The van der Waals surface area contributed by atoms with Gasteiger partial charge in [0.1, 0.15) is 5.82 Å². The Morgan fingerprint density at radius 1 is 1.16 bits per heavy atom. The summed E-state index contributed by atoms with van der Waals surface area (Å²) in [5, 5.41) is 2.90. The quantitative estimate of drug-likeness (QED) is 0.908.